The van der Waals surface area contributed by atoms with E-state index in [1.807, 2.05) is 19.0 Å². The molecule has 2 heterocycles. The third-order valence-electron chi connectivity index (χ3n) is 2.69. The molecule has 2 aromatic rings. The minimum Gasteiger partial charge on any atom is -0.494 e. The Hall–Kier alpha value is -2.44. The zero-order valence-electron chi connectivity index (χ0n) is 10.3. The Balaban J connectivity index is 2.67. The highest BCUT2D eigenvalue weighted by Crippen LogP contribution is 2.17. The van der Waals surface area contributed by atoms with Gasteiger partial charge in [-0.1, -0.05) is 0 Å². The number of nitrogens with zero attached hydrogens (tertiary/aromatic N) is 2. The SMILES string of the molecule is Cc1c(O)n(-c2ccc(N(C)C)[nH]2)c(=O)[nH]c1=O. The summed E-state index contributed by atoms with van der Waals surface area (Å²) in [6.45, 7) is 1.44. The fourth-order valence-corrected chi connectivity index (χ4v) is 1.60. The van der Waals surface area contributed by atoms with E-state index in [0.717, 1.165) is 10.4 Å². The quantitative estimate of drug-likeness (QED) is 0.695. The Labute approximate surface area is 102 Å². The fraction of sp³-hybridized carbons (Fsp3) is 0.273. The molecule has 0 amide bonds. The van der Waals surface area contributed by atoms with Crippen LogP contribution in [0.25, 0.3) is 5.82 Å². The zero-order valence-corrected chi connectivity index (χ0v) is 10.3. The molecule has 0 saturated heterocycles. The number of anilines is 1. The first-order chi connectivity index (χ1) is 8.41. The summed E-state index contributed by atoms with van der Waals surface area (Å²) in [7, 11) is 3.69. The van der Waals surface area contributed by atoms with Crippen LogP contribution in [0.1, 0.15) is 5.56 Å². The van der Waals surface area contributed by atoms with Gasteiger partial charge in [0.1, 0.15) is 11.6 Å². The molecule has 0 fully saturated rings. The standard InChI is InChI=1S/C11H14N4O3/c1-6-9(16)13-11(18)15(10(6)17)8-5-4-7(12-8)14(2)3/h4-5,12,17H,1-3H3,(H,13,16,18). The van der Waals surface area contributed by atoms with Gasteiger partial charge in [0, 0.05) is 14.1 Å². The number of aromatic amines is 2. The first-order valence-corrected chi connectivity index (χ1v) is 5.33. The fourth-order valence-electron chi connectivity index (χ4n) is 1.60. The van der Waals surface area contributed by atoms with E-state index in [1.54, 1.807) is 12.1 Å². The number of aromatic hydroxyl groups is 1. The predicted molar refractivity (Wildman–Crippen MR) is 67.7 cm³/mol. The largest absolute Gasteiger partial charge is 0.494 e. The van der Waals surface area contributed by atoms with Crippen molar-refractivity contribution >= 4 is 5.82 Å². The van der Waals surface area contributed by atoms with Crippen molar-refractivity contribution in [3.8, 4) is 11.7 Å². The maximum atomic E-state index is 11.7. The molecular formula is C11H14N4O3. The van der Waals surface area contributed by atoms with Crippen LogP contribution in [-0.2, 0) is 0 Å². The summed E-state index contributed by atoms with van der Waals surface area (Å²) in [6.07, 6.45) is 0. The van der Waals surface area contributed by atoms with Crippen molar-refractivity contribution in [1.29, 1.82) is 0 Å². The normalized spacial score (nSPS) is 10.6. The predicted octanol–water partition coefficient (Wildman–Crippen LogP) is -0.0661. The molecule has 7 heteroatoms. The molecular weight excluding hydrogens is 236 g/mol. The van der Waals surface area contributed by atoms with Gasteiger partial charge in [0.25, 0.3) is 5.56 Å². The van der Waals surface area contributed by atoms with Gasteiger partial charge in [-0.25, -0.2) is 9.36 Å². The second-order valence-electron chi connectivity index (χ2n) is 4.17. The molecule has 0 saturated carbocycles. The first kappa shape index (κ1) is 12.0. The van der Waals surface area contributed by atoms with Gasteiger partial charge in [0.2, 0.25) is 5.88 Å². The highest BCUT2D eigenvalue weighted by Gasteiger charge is 2.13. The second-order valence-corrected chi connectivity index (χ2v) is 4.17. The number of hydrogen-bond donors (Lipinski definition) is 3. The summed E-state index contributed by atoms with van der Waals surface area (Å²) in [6, 6.07) is 3.41. The van der Waals surface area contributed by atoms with Crippen LogP contribution >= 0.6 is 0 Å². The van der Waals surface area contributed by atoms with E-state index >= 15 is 0 Å². The molecule has 0 aliphatic rings. The smallest absolute Gasteiger partial charge is 0.336 e. The van der Waals surface area contributed by atoms with Crippen LogP contribution in [0, 0.1) is 6.92 Å². The molecule has 0 radical (unpaired) electrons. The molecule has 3 N–H and O–H groups in total. The van der Waals surface area contributed by atoms with Crippen LogP contribution in [0.3, 0.4) is 0 Å². The van der Waals surface area contributed by atoms with Crippen LogP contribution in [0.2, 0.25) is 0 Å². The number of hydrogen-bond acceptors (Lipinski definition) is 4. The molecule has 0 spiro atoms. The van der Waals surface area contributed by atoms with Crippen molar-refractivity contribution in [2.45, 2.75) is 6.92 Å². The van der Waals surface area contributed by atoms with Crippen LogP contribution < -0.4 is 16.1 Å². The number of nitrogens with one attached hydrogen (secondary N) is 2. The topological polar surface area (TPSA) is 94.1 Å². The van der Waals surface area contributed by atoms with Crippen molar-refractivity contribution in [3.05, 3.63) is 38.5 Å². The summed E-state index contributed by atoms with van der Waals surface area (Å²) in [5.41, 5.74) is -1.18. The Morgan fingerprint density at radius 3 is 2.44 bits per heavy atom. The molecule has 0 atom stereocenters. The maximum absolute atomic E-state index is 11.7. The number of H-pyrrole nitrogens is 2. The molecule has 0 unspecified atom stereocenters. The Morgan fingerprint density at radius 1 is 1.22 bits per heavy atom. The van der Waals surface area contributed by atoms with Gasteiger partial charge in [-0.2, -0.15) is 0 Å². The van der Waals surface area contributed by atoms with Crippen molar-refractivity contribution in [3.63, 3.8) is 0 Å². The van der Waals surface area contributed by atoms with Gasteiger partial charge >= 0.3 is 5.69 Å². The van der Waals surface area contributed by atoms with E-state index in [2.05, 4.69) is 9.97 Å². The van der Waals surface area contributed by atoms with Crippen molar-refractivity contribution in [2.75, 3.05) is 19.0 Å². The molecule has 0 aromatic carbocycles. The Morgan fingerprint density at radius 2 is 1.89 bits per heavy atom. The van der Waals surface area contributed by atoms with Crippen LogP contribution in [0.5, 0.6) is 5.88 Å². The van der Waals surface area contributed by atoms with Crippen molar-refractivity contribution in [1.82, 2.24) is 14.5 Å². The third-order valence-corrected chi connectivity index (χ3v) is 2.69. The molecule has 0 bridgehead atoms. The lowest BCUT2D eigenvalue weighted by Crippen LogP contribution is -2.30. The van der Waals surface area contributed by atoms with Crippen LogP contribution in [-0.4, -0.2) is 33.7 Å². The zero-order chi connectivity index (χ0) is 13.4. The highest BCUT2D eigenvalue weighted by atomic mass is 16.3. The number of rotatable bonds is 2. The molecule has 2 aromatic heterocycles. The molecule has 18 heavy (non-hydrogen) atoms. The summed E-state index contributed by atoms with van der Waals surface area (Å²) in [5.74, 6) is 0.802. The Bertz CT molecular complexity index is 693. The van der Waals surface area contributed by atoms with Gasteiger partial charge < -0.3 is 15.0 Å². The lowest BCUT2D eigenvalue weighted by molar-refractivity contribution is 0.425. The lowest BCUT2D eigenvalue weighted by Gasteiger charge is -2.10. The summed E-state index contributed by atoms with van der Waals surface area (Å²) >= 11 is 0. The van der Waals surface area contributed by atoms with Crippen LogP contribution in [0.15, 0.2) is 21.7 Å². The van der Waals surface area contributed by atoms with E-state index in [4.69, 9.17) is 0 Å². The minimum atomic E-state index is -0.685. The van der Waals surface area contributed by atoms with Gasteiger partial charge in [-0.05, 0) is 19.1 Å². The molecule has 96 valence electrons. The van der Waals surface area contributed by atoms with Crippen molar-refractivity contribution in [2.24, 2.45) is 0 Å². The highest BCUT2D eigenvalue weighted by molar-refractivity contribution is 5.45. The van der Waals surface area contributed by atoms with Crippen molar-refractivity contribution < 1.29 is 5.11 Å². The molecule has 2 rings (SSSR count). The summed E-state index contributed by atoms with van der Waals surface area (Å²) in [5, 5.41) is 9.87. The minimum absolute atomic E-state index is 0.0932. The van der Waals surface area contributed by atoms with Gasteiger partial charge in [-0.3, -0.25) is 9.78 Å². The molecule has 0 aliphatic carbocycles. The van der Waals surface area contributed by atoms with E-state index < -0.39 is 11.2 Å². The summed E-state index contributed by atoms with van der Waals surface area (Å²) < 4.78 is 1.02. The van der Waals surface area contributed by atoms with Gasteiger partial charge in [0.05, 0.1) is 5.56 Å². The Kier molecular flexibility index (Phi) is 2.74. The monoisotopic (exact) mass is 250 g/mol. The van der Waals surface area contributed by atoms with Crippen LogP contribution in [0.4, 0.5) is 5.82 Å². The average molecular weight is 250 g/mol. The van der Waals surface area contributed by atoms with Gasteiger partial charge in [0.15, 0.2) is 0 Å². The second kappa shape index (κ2) is 4.10. The summed E-state index contributed by atoms with van der Waals surface area (Å²) in [4.78, 5) is 29.9. The average Bonchev–Trinajstić information content (AvgIpc) is 2.75. The van der Waals surface area contributed by atoms with E-state index in [-0.39, 0.29) is 11.4 Å². The lowest BCUT2D eigenvalue weighted by atomic mass is 10.3. The van der Waals surface area contributed by atoms with E-state index in [1.165, 1.54) is 6.92 Å². The first-order valence-electron chi connectivity index (χ1n) is 5.33. The number of aromatic nitrogens is 3. The third kappa shape index (κ3) is 1.79. The van der Waals surface area contributed by atoms with Gasteiger partial charge in [-0.15, -0.1) is 0 Å². The molecule has 7 nitrogen and oxygen atoms in total. The maximum Gasteiger partial charge on any atom is 0.336 e. The van der Waals surface area contributed by atoms with E-state index in [9.17, 15) is 14.7 Å². The molecule has 0 aliphatic heterocycles. The van der Waals surface area contributed by atoms with E-state index in [0.29, 0.717) is 5.82 Å².